The zero-order valence-corrected chi connectivity index (χ0v) is 18.6. The SMILES string of the molecule is O=C1NC2=Nc3ccccc3NC(c3ccccc3)=C2C(c2ccc(N3CCOCC3)cc2)N1. The highest BCUT2D eigenvalue weighted by Gasteiger charge is 2.34. The number of benzene rings is 3. The van der Waals surface area contributed by atoms with Crippen LogP contribution < -0.4 is 20.9 Å². The number of ether oxygens (including phenoxy) is 1. The van der Waals surface area contributed by atoms with Gasteiger partial charge in [-0.15, -0.1) is 0 Å². The smallest absolute Gasteiger partial charge is 0.321 e. The summed E-state index contributed by atoms with van der Waals surface area (Å²) in [4.78, 5) is 19.9. The van der Waals surface area contributed by atoms with Crippen LogP contribution in [0.3, 0.4) is 0 Å². The summed E-state index contributed by atoms with van der Waals surface area (Å²) in [5, 5.41) is 9.67. The van der Waals surface area contributed by atoms with Gasteiger partial charge in [0, 0.05) is 24.4 Å². The average Bonchev–Trinajstić information content (AvgIpc) is 3.06. The van der Waals surface area contributed by atoms with Crippen LogP contribution in [-0.4, -0.2) is 38.2 Å². The quantitative estimate of drug-likeness (QED) is 0.550. The highest BCUT2D eigenvalue weighted by molar-refractivity contribution is 6.18. The highest BCUT2D eigenvalue weighted by atomic mass is 16.5. The summed E-state index contributed by atoms with van der Waals surface area (Å²) in [6.07, 6.45) is 0. The van der Waals surface area contributed by atoms with Gasteiger partial charge in [-0.2, -0.15) is 0 Å². The number of urea groups is 1. The molecule has 170 valence electrons. The number of fused-ring (bicyclic) bond motifs is 2. The number of aliphatic imine (C=N–C) groups is 1. The number of carbonyl (C=O) groups excluding carboxylic acids is 1. The fraction of sp³-hybridized carbons (Fsp3) is 0.185. The topological polar surface area (TPSA) is 78.0 Å². The number of rotatable bonds is 3. The first kappa shape index (κ1) is 20.5. The van der Waals surface area contributed by atoms with Gasteiger partial charge in [0.05, 0.1) is 36.3 Å². The molecule has 3 aliphatic heterocycles. The maximum atomic E-state index is 12.7. The van der Waals surface area contributed by atoms with Crippen molar-refractivity contribution >= 4 is 34.6 Å². The Labute approximate surface area is 198 Å². The maximum Gasteiger partial charge on any atom is 0.321 e. The van der Waals surface area contributed by atoms with Crippen molar-refractivity contribution in [3.05, 3.63) is 95.6 Å². The molecule has 0 bridgehead atoms. The first-order valence-electron chi connectivity index (χ1n) is 11.5. The third kappa shape index (κ3) is 3.80. The van der Waals surface area contributed by atoms with Gasteiger partial charge in [0.1, 0.15) is 5.84 Å². The van der Waals surface area contributed by atoms with Crippen LogP contribution in [0.15, 0.2) is 89.4 Å². The lowest BCUT2D eigenvalue weighted by atomic mass is 9.91. The minimum absolute atomic E-state index is 0.267. The van der Waals surface area contributed by atoms with Crippen molar-refractivity contribution in [3.8, 4) is 0 Å². The van der Waals surface area contributed by atoms with Crippen LogP contribution in [0.25, 0.3) is 5.70 Å². The van der Waals surface area contributed by atoms with Crippen LogP contribution in [0.5, 0.6) is 0 Å². The Morgan fingerprint density at radius 1 is 0.853 bits per heavy atom. The van der Waals surface area contributed by atoms with Gasteiger partial charge < -0.3 is 20.3 Å². The van der Waals surface area contributed by atoms with Crippen LogP contribution in [0, 0.1) is 0 Å². The van der Waals surface area contributed by atoms with Crippen LogP contribution in [0.4, 0.5) is 21.9 Å². The Balaban J connectivity index is 1.47. The fourth-order valence-electron chi connectivity index (χ4n) is 4.68. The lowest BCUT2D eigenvalue weighted by Crippen LogP contribution is -2.50. The molecule has 3 aromatic rings. The second-order valence-electron chi connectivity index (χ2n) is 8.48. The van der Waals surface area contributed by atoms with Gasteiger partial charge in [-0.05, 0) is 35.4 Å². The average molecular weight is 452 g/mol. The molecule has 0 spiro atoms. The lowest BCUT2D eigenvalue weighted by Gasteiger charge is -2.32. The van der Waals surface area contributed by atoms with E-state index in [1.807, 2.05) is 42.5 Å². The van der Waals surface area contributed by atoms with Crippen LogP contribution in [-0.2, 0) is 4.74 Å². The van der Waals surface area contributed by atoms with Gasteiger partial charge in [0.25, 0.3) is 0 Å². The van der Waals surface area contributed by atoms with E-state index in [-0.39, 0.29) is 12.1 Å². The molecule has 7 heteroatoms. The van der Waals surface area contributed by atoms with Gasteiger partial charge in [-0.1, -0.05) is 54.6 Å². The molecule has 3 heterocycles. The fourth-order valence-corrected chi connectivity index (χ4v) is 4.68. The van der Waals surface area contributed by atoms with Crippen molar-refractivity contribution < 1.29 is 9.53 Å². The molecule has 2 saturated heterocycles. The predicted molar refractivity (Wildman–Crippen MR) is 134 cm³/mol. The predicted octanol–water partition coefficient (Wildman–Crippen LogP) is 4.44. The second kappa shape index (κ2) is 8.68. The monoisotopic (exact) mass is 451 g/mol. The van der Waals surface area contributed by atoms with E-state index in [1.54, 1.807) is 0 Å². The number of anilines is 2. The molecule has 3 N–H and O–H groups in total. The standard InChI is InChI=1S/C27H25N5O2/c33-27-30-25(19-10-12-20(13-11-19)32-14-16-34-17-15-32)23-24(18-6-2-1-3-7-18)28-21-8-4-5-9-22(21)29-26(23)31-27/h1-13,25,28H,14-17H2,(H2,29,30,31,33). The van der Waals surface area contributed by atoms with Crippen molar-refractivity contribution in [2.24, 2.45) is 4.99 Å². The van der Waals surface area contributed by atoms with Crippen LogP contribution in [0.1, 0.15) is 17.2 Å². The van der Waals surface area contributed by atoms with Gasteiger partial charge >= 0.3 is 6.03 Å². The van der Waals surface area contributed by atoms with E-state index >= 15 is 0 Å². The minimum atomic E-state index is -0.358. The molecule has 6 rings (SSSR count). The van der Waals surface area contributed by atoms with E-state index in [4.69, 9.17) is 9.73 Å². The molecule has 0 saturated carbocycles. The Morgan fingerprint density at radius 2 is 1.59 bits per heavy atom. The number of nitrogens with zero attached hydrogens (tertiary/aromatic N) is 2. The number of hydrogen-bond acceptors (Lipinski definition) is 5. The molecule has 1 atom stereocenters. The van der Waals surface area contributed by atoms with Crippen molar-refractivity contribution in [1.29, 1.82) is 0 Å². The summed E-state index contributed by atoms with van der Waals surface area (Å²) < 4.78 is 5.48. The molecule has 0 aromatic heterocycles. The van der Waals surface area contributed by atoms with Crippen LogP contribution in [0.2, 0.25) is 0 Å². The molecule has 0 aliphatic carbocycles. The van der Waals surface area contributed by atoms with Crippen molar-refractivity contribution in [2.45, 2.75) is 6.04 Å². The Kier molecular flexibility index (Phi) is 5.24. The normalized spacial score (nSPS) is 19.6. The van der Waals surface area contributed by atoms with E-state index in [1.165, 1.54) is 0 Å². The number of amidine groups is 1. The number of nitrogens with one attached hydrogen (secondary N) is 3. The second-order valence-corrected chi connectivity index (χ2v) is 8.48. The van der Waals surface area contributed by atoms with Crippen molar-refractivity contribution in [1.82, 2.24) is 10.6 Å². The summed E-state index contributed by atoms with van der Waals surface area (Å²) in [5.74, 6) is 0.558. The summed E-state index contributed by atoms with van der Waals surface area (Å²) in [7, 11) is 0. The number of amides is 2. The Bertz CT molecular complexity index is 1280. The van der Waals surface area contributed by atoms with Gasteiger partial charge in [0.15, 0.2) is 0 Å². The molecular formula is C27H25N5O2. The first-order chi connectivity index (χ1) is 16.8. The van der Waals surface area contributed by atoms with Gasteiger partial charge in [-0.3, -0.25) is 5.32 Å². The molecule has 0 radical (unpaired) electrons. The lowest BCUT2D eigenvalue weighted by molar-refractivity contribution is 0.122. The summed E-state index contributed by atoms with van der Waals surface area (Å²) in [6, 6.07) is 25.8. The van der Waals surface area contributed by atoms with Crippen molar-refractivity contribution in [2.75, 3.05) is 36.5 Å². The van der Waals surface area contributed by atoms with E-state index in [9.17, 15) is 4.79 Å². The highest BCUT2D eigenvalue weighted by Crippen LogP contribution is 2.39. The first-order valence-corrected chi connectivity index (χ1v) is 11.5. The zero-order valence-electron chi connectivity index (χ0n) is 18.6. The molecule has 7 nitrogen and oxygen atoms in total. The Hall–Kier alpha value is -4.10. The summed E-state index contributed by atoms with van der Waals surface area (Å²) >= 11 is 0. The Morgan fingerprint density at radius 3 is 2.38 bits per heavy atom. The summed E-state index contributed by atoms with van der Waals surface area (Å²) in [5.41, 5.74) is 6.67. The molecule has 3 aromatic carbocycles. The van der Waals surface area contributed by atoms with E-state index in [0.29, 0.717) is 5.84 Å². The van der Waals surface area contributed by atoms with Gasteiger partial charge in [0.2, 0.25) is 0 Å². The number of morpholine rings is 1. The molecule has 2 amide bonds. The maximum absolute atomic E-state index is 12.7. The van der Waals surface area contributed by atoms with Gasteiger partial charge in [-0.25, -0.2) is 9.79 Å². The van der Waals surface area contributed by atoms with E-state index < -0.39 is 0 Å². The summed E-state index contributed by atoms with van der Waals surface area (Å²) in [6.45, 7) is 3.24. The largest absolute Gasteiger partial charge is 0.378 e. The van der Waals surface area contributed by atoms with E-state index in [0.717, 1.165) is 65.8 Å². The zero-order chi connectivity index (χ0) is 22.9. The van der Waals surface area contributed by atoms with Crippen LogP contribution >= 0.6 is 0 Å². The molecular weight excluding hydrogens is 426 g/mol. The molecule has 3 aliphatic rings. The number of carbonyl (C=O) groups is 1. The molecule has 1 unspecified atom stereocenters. The molecule has 34 heavy (non-hydrogen) atoms. The third-order valence-corrected chi connectivity index (χ3v) is 6.38. The number of hydrogen-bond donors (Lipinski definition) is 3. The molecule has 2 fully saturated rings. The van der Waals surface area contributed by atoms with Crippen molar-refractivity contribution in [3.63, 3.8) is 0 Å². The minimum Gasteiger partial charge on any atom is -0.378 e. The van der Waals surface area contributed by atoms with E-state index in [2.05, 4.69) is 57.2 Å². The number of para-hydroxylation sites is 2. The third-order valence-electron chi connectivity index (χ3n) is 6.38.